The molecule has 1 aliphatic carbocycles. The first-order chi connectivity index (χ1) is 7.34. The van der Waals surface area contributed by atoms with Crippen molar-refractivity contribution in [1.82, 2.24) is 0 Å². The smallest absolute Gasteiger partial charge is 0.160 e. The fourth-order valence-corrected chi connectivity index (χ4v) is 2.08. The van der Waals surface area contributed by atoms with Gasteiger partial charge in [0.05, 0.1) is 0 Å². The van der Waals surface area contributed by atoms with E-state index < -0.39 is 0 Å². The Kier molecular flexibility index (Phi) is 1.72. The Hall–Kier alpha value is -1.89. The van der Waals surface area contributed by atoms with Crippen LogP contribution in [0, 0.1) is 0 Å². The molecule has 72 valence electrons. The van der Waals surface area contributed by atoms with Gasteiger partial charge in [-0.25, -0.2) is 0 Å². The second-order valence-corrected chi connectivity index (χ2v) is 3.81. The lowest BCUT2D eigenvalue weighted by molar-refractivity contribution is -0.112. The van der Waals surface area contributed by atoms with E-state index in [0.717, 1.165) is 5.22 Å². The number of rotatable bonds is 0. The Morgan fingerprint density at radius 2 is 1.87 bits per heavy atom. The van der Waals surface area contributed by atoms with E-state index in [2.05, 4.69) is 24.3 Å². The number of Topliss-reactive ketones (excluding diaryl/α,β-unsaturated/α-hetero) is 1. The molecule has 0 saturated carbocycles. The van der Waals surface area contributed by atoms with Crippen molar-refractivity contribution in [3.8, 4) is 0 Å². The van der Waals surface area contributed by atoms with Crippen molar-refractivity contribution in [2.75, 3.05) is 0 Å². The summed E-state index contributed by atoms with van der Waals surface area (Å²) >= 11 is 0. The van der Waals surface area contributed by atoms with E-state index in [9.17, 15) is 4.79 Å². The van der Waals surface area contributed by atoms with Crippen LogP contribution in [0.2, 0.25) is 0 Å². The zero-order valence-corrected chi connectivity index (χ0v) is 8.23. The van der Waals surface area contributed by atoms with Crippen LogP contribution in [0.1, 0.15) is 6.42 Å². The number of carbonyl (C=O) groups is 1. The van der Waals surface area contributed by atoms with Crippen LogP contribution in [-0.2, 0) is 4.79 Å². The molecule has 0 unspecified atom stereocenters. The van der Waals surface area contributed by atoms with Crippen LogP contribution in [-0.4, -0.2) is 5.78 Å². The highest BCUT2D eigenvalue weighted by Gasteiger charge is 2.03. The lowest BCUT2D eigenvalue weighted by Crippen LogP contribution is -2.29. The number of benzene rings is 2. The normalized spacial score (nSPS) is 14.3. The lowest BCUT2D eigenvalue weighted by atomic mass is 10.0. The highest BCUT2D eigenvalue weighted by atomic mass is 16.1. The third-order valence-corrected chi connectivity index (χ3v) is 2.83. The average molecular weight is 194 g/mol. The number of hydrogen-bond acceptors (Lipinski definition) is 1. The molecule has 0 aliphatic heterocycles. The van der Waals surface area contributed by atoms with Gasteiger partial charge in [0.2, 0.25) is 0 Å². The van der Waals surface area contributed by atoms with Crippen molar-refractivity contribution >= 4 is 28.7 Å². The minimum absolute atomic E-state index is 0.193. The summed E-state index contributed by atoms with van der Waals surface area (Å²) in [7, 11) is 0. The van der Waals surface area contributed by atoms with Gasteiger partial charge in [0.25, 0.3) is 0 Å². The molecule has 0 atom stereocenters. The van der Waals surface area contributed by atoms with Gasteiger partial charge < -0.3 is 0 Å². The maximum Gasteiger partial charge on any atom is 0.160 e. The first kappa shape index (κ1) is 8.42. The Morgan fingerprint density at radius 3 is 2.80 bits per heavy atom. The van der Waals surface area contributed by atoms with Crippen LogP contribution < -0.4 is 10.4 Å². The van der Waals surface area contributed by atoms with Gasteiger partial charge in [-0.05, 0) is 27.3 Å². The van der Waals surface area contributed by atoms with Crippen molar-refractivity contribution in [3.63, 3.8) is 0 Å². The molecule has 0 saturated heterocycles. The largest absolute Gasteiger partial charge is 0.294 e. The Labute approximate surface area is 87.3 Å². The van der Waals surface area contributed by atoms with E-state index >= 15 is 0 Å². The van der Waals surface area contributed by atoms with Gasteiger partial charge in [0.15, 0.2) is 5.78 Å². The standard InChI is InChI=1S/C14H10O/c15-12-8-7-11-6-5-10-3-1-2-4-13(10)14(11)9-12/h1-7,9H,8H2. The summed E-state index contributed by atoms with van der Waals surface area (Å²) in [5.74, 6) is 0.193. The summed E-state index contributed by atoms with van der Waals surface area (Å²) in [6.45, 7) is 0. The second kappa shape index (κ2) is 3.06. The van der Waals surface area contributed by atoms with E-state index in [1.807, 2.05) is 18.2 Å². The molecule has 2 aromatic rings. The van der Waals surface area contributed by atoms with Crippen molar-refractivity contribution in [2.24, 2.45) is 0 Å². The average Bonchev–Trinajstić information content (AvgIpc) is 2.29. The number of ketones is 1. The molecule has 0 radical (unpaired) electrons. The molecule has 0 fully saturated rings. The summed E-state index contributed by atoms with van der Waals surface area (Å²) in [6, 6.07) is 12.4. The topological polar surface area (TPSA) is 17.1 Å². The summed E-state index contributed by atoms with van der Waals surface area (Å²) in [4.78, 5) is 11.4. The molecule has 0 N–H and O–H groups in total. The highest BCUT2D eigenvalue weighted by Crippen LogP contribution is 2.07. The fourth-order valence-electron chi connectivity index (χ4n) is 2.08. The SMILES string of the molecule is O=C1C=c2c(ccc3ccccc23)=CC1. The molecule has 0 bridgehead atoms. The highest BCUT2D eigenvalue weighted by molar-refractivity contribution is 6.10. The van der Waals surface area contributed by atoms with E-state index in [0.29, 0.717) is 6.42 Å². The maximum atomic E-state index is 11.4. The minimum atomic E-state index is 0.193. The van der Waals surface area contributed by atoms with Crippen molar-refractivity contribution < 1.29 is 4.79 Å². The lowest BCUT2D eigenvalue weighted by Gasteiger charge is -2.03. The van der Waals surface area contributed by atoms with Gasteiger partial charge in [0.1, 0.15) is 0 Å². The van der Waals surface area contributed by atoms with E-state index in [-0.39, 0.29) is 5.78 Å². The molecule has 3 rings (SSSR count). The second-order valence-electron chi connectivity index (χ2n) is 3.81. The van der Waals surface area contributed by atoms with Crippen LogP contribution >= 0.6 is 0 Å². The maximum absolute atomic E-state index is 11.4. The molecule has 0 aromatic heterocycles. The zero-order chi connectivity index (χ0) is 10.3. The third-order valence-electron chi connectivity index (χ3n) is 2.83. The van der Waals surface area contributed by atoms with Crippen LogP contribution in [0.25, 0.3) is 22.9 Å². The molecule has 2 aromatic carbocycles. The molecule has 1 aliphatic rings. The van der Waals surface area contributed by atoms with Crippen LogP contribution in [0.4, 0.5) is 0 Å². The van der Waals surface area contributed by atoms with Gasteiger partial charge in [0, 0.05) is 6.42 Å². The predicted molar refractivity (Wildman–Crippen MR) is 61.8 cm³/mol. The van der Waals surface area contributed by atoms with Crippen LogP contribution in [0.5, 0.6) is 0 Å². The van der Waals surface area contributed by atoms with E-state index in [4.69, 9.17) is 0 Å². The molecule has 1 heteroatoms. The van der Waals surface area contributed by atoms with Crippen LogP contribution in [0.3, 0.4) is 0 Å². The quantitative estimate of drug-likeness (QED) is 0.619. The summed E-state index contributed by atoms with van der Waals surface area (Å²) in [6.07, 6.45) is 4.30. The minimum Gasteiger partial charge on any atom is -0.294 e. The van der Waals surface area contributed by atoms with Gasteiger partial charge in [-0.15, -0.1) is 0 Å². The van der Waals surface area contributed by atoms with E-state index in [1.54, 1.807) is 6.08 Å². The molecule has 0 heterocycles. The summed E-state index contributed by atoms with van der Waals surface area (Å²) < 4.78 is 0. The van der Waals surface area contributed by atoms with Crippen molar-refractivity contribution in [3.05, 3.63) is 46.8 Å². The predicted octanol–water partition coefficient (Wildman–Crippen LogP) is 1.37. The number of hydrogen-bond donors (Lipinski definition) is 0. The molecular formula is C14H10O. The Bertz CT molecular complexity index is 665. The first-order valence-corrected chi connectivity index (χ1v) is 5.07. The van der Waals surface area contributed by atoms with Gasteiger partial charge in [-0.2, -0.15) is 0 Å². The fraction of sp³-hybridized carbons (Fsp3) is 0.0714. The Morgan fingerprint density at radius 1 is 1.00 bits per heavy atom. The summed E-state index contributed by atoms with van der Waals surface area (Å²) in [5.41, 5.74) is 0. The molecule has 15 heavy (non-hydrogen) atoms. The van der Waals surface area contributed by atoms with Gasteiger partial charge >= 0.3 is 0 Å². The molecule has 1 nitrogen and oxygen atoms in total. The Balaban J connectivity index is 2.59. The molecular weight excluding hydrogens is 184 g/mol. The molecule has 0 spiro atoms. The van der Waals surface area contributed by atoms with Crippen molar-refractivity contribution in [1.29, 1.82) is 0 Å². The first-order valence-electron chi connectivity index (χ1n) is 5.07. The molecule has 0 amide bonds. The van der Waals surface area contributed by atoms with Crippen molar-refractivity contribution in [2.45, 2.75) is 6.42 Å². The van der Waals surface area contributed by atoms with Gasteiger partial charge in [-0.1, -0.05) is 42.5 Å². The summed E-state index contributed by atoms with van der Waals surface area (Å²) in [5, 5.41) is 4.60. The zero-order valence-electron chi connectivity index (χ0n) is 8.23. The van der Waals surface area contributed by atoms with Crippen LogP contribution in [0.15, 0.2) is 36.4 Å². The van der Waals surface area contributed by atoms with E-state index in [1.165, 1.54) is 16.0 Å². The monoisotopic (exact) mass is 194 g/mol. The number of carbonyl (C=O) groups excluding carboxylic acids is 1. The number of fused-ring (bicyclic) bond motifs is 3. The van der Waals surface area contributed by atoms with Gasteiger partial charge in [-0.3, -0.25) is 4.79 Å². The third kappa shape index (κ3) is 1.28.